The second kappa shape index (κ2) is 5.49. The molecule has 21 heavy (non-hydrogen) atoms. The summed E-state index contributed by atoms with van der Waals surface area (Å²) in [5, 5.41) is 4.14. The van der Waals surface area contributed by atoms with Crippen LogP contribution in [0.4, 0.5) is 5.82 Å². The van der Waals surface area contributed by atoms with Gasteiger partial charge < -0.3 is 10.6 Å². The largest absolute Gasteiger partial charge is 0.389 e. The van der Waals surface area contributed by atoms with E-state index >= 15 is 0 Å². The molecule has 0 spiro atoms. The van der Waals surface area contributed by atoms with E-state index < -0.39 is 0 Å². The molecule has 0 bridgehead atoms. The van der Waals surface area contributed by atoms with Crippen LogP contribution in [0.3, 0.4) is 0 Å². The molecule has 3 rings (SSSR count). The molecule has 0 aliphatic rings. The number of aromatic nitrogens is 3. The van der Waals surface area contributed by atoms with E-state index in [4.69, 9.17) is 18.0 Å². The Hall–Kier alpha value is -2.47. The molecule has 2 N–H and O–H groups in total. The maximum atomic E-state index is 5.67. The van der Waals surface area contributed by atoms with E-state index in [-0.39, 0.29) is 0 Å². The van der Waals surface area contributed by atoms with Crippen molar-refractivity contribution in [1.29, 1.82) is 0 Å². The average molecular weight is 297 g/mol. The summed E-state index contributed by atoms with van der Waals surface area (Å²) in [6.45, 7) is 0.730. The SMILES string of the molecule is CN(Cc1cccc(C(N)=S)c1)c1ccn2nccc2n1. The van der Waals surface area contributed by atoms with Crippen LogP contribution in [-0.2, 0) is 6.54 Å². The summed E-state index contributed by atoms with van der Waals surface area (Å²) in [6, 6.07) is 11.8. The number of benzene rings is 1. The molecular formula is C15H15N5S. The Morgan fingerprint density at radius 2 is 2.19 bits per heavy atom. The fourth-order valence-electron chi connectivity index (χ4n) is 2.19. The standard InChI is InChI=1S/C15H15N5S/c1-19(10-11-3-2-4-12(9-11)15(16)21)13-6-8-20-14(18-13)5-7-17-20/h2-9H,10H2,1H3,(H2,16,21). The Morgan fingerprint density at radius 3 is 3.00 bits per heavy atom. The van der Waals surface area contributed by atoms with Crippen LogP contribution in [0.15, 0.2) is 48.8 Å². The third-order valence-electron chi connectivity index (χ3n) is 3.27. The van der Waals surface area contributed by atoms with E-state index in [1.165, 1.54) is 0 Å². The first-order valence-electron chi connectivity index (χ1n) is 6.54. The molecule has 0 amide bonds. The van der Waals surface area contributed by atoms with Gasteiger partial charge in [-0.15, -0.1) is 0 Å². The molecule has 5 nitrogen and oxygen atoms in total. The second-order valence-corrected chi connectivity index (χ2v) is 5.28. The first kappa shape index (κ1) is 13.5. The van der Waals surface area contributed by atoms with Gasteiger partial charge in [-0.25, -0.2) is 9.50 Å². The third-order valence-corrected chi connectivity index (χ3v) is 3.50. The van der Waals surface area contributed by atoms with E-state index in [1.54, 1.807) is 10.7 Å². The van der Waals surface area contributed by atoms with Gasteiger partial charge in [-0.1, -0.05) is 30.4 Å². The lowest BCUT2D eigenvalue weighted by atomic mass is 10.1. The molecule has 0 radical (unpaired) electrons. The Morgan fingerprint density at radius 1 is 1.33 bits per heavy atom. The van der Waals surface area contributed by atoms with E-state index in [1.807, 2.05) is 43.6 Å². The van der Waals surface area contributed by atoms with E-state index in [0.717, 1.165) is 29.1 Å². The van der Waals surface area contributed by atoms with Crippen molar-refractivity contribution in [1.82, 2.24) is 14.6 Å². The predicted octanol–water partition coefficient (Wildman–Crippen LogP) is 2.00. The van der Waals surface area contributed by atoms with Gasteiger partial charge in [0.05, 0.1) is 6.20 Å². The lowest BCUT2D eigenvalue weighted by Gasteiger charge is -2.18. The fourth-order valence-corrected chi connectivity index (χ4v) is 2.32. The molecule has 2 heterocycles. The van der Waals surface area contributed by atoms with Gasteiger partial charge >= 0.3 is 0 Å². The van der Waals surface area contributed by atoms with Gasteiger partial charge in [-0.3, -0.25) is 0 Å². The summed E-state index contributed by atoms with van der Waals surface area (Å²) < 4.78 is 1.74. The van der Waals surface area contributed by atoms with Gasteiger partial charge in [0.1, 0.15) is 10.8 Å². The number of hydrogen-bond acceptors (Lipinski definition) is 4. The van der Waals surface area contributed by atoms with Crippen molar-refractivity contribution in [3.8, 4) is 0 Å². The number of rotatable bonds is 4. The minimum absolute atomic E-state index is 0.415. The average Bonchev–Trinajstić information content (AvgIpc) is 2.94. The van der Waals surface area contributed by atoms with E-state index in [9.17, 15) is 0 Å². The van der Waals surface area contributed by atoms with Crippen LogP contribution >= 0.6 is 12.2 Å². The van der Waals surface area contributed by atoms with Crippen LogP contribution < -0.4 is 10.6 Å². The molecule has 0 atom stereocenters. The van der Waals surface area contributed by atoms with Crippen LogP contribution in [0.25, 0.3) is 5.65 Å². The molecule has 2 aromatic heterocycles. The molecule has 0 unspecified atom stereocenters. The zero-order valence-electron chi connectivity index (χ0n) is 11.6. The summed E-state index contributed by atoms with van der Waals surface area (Å²) in [5.74, 6) is 0.892. The number of nitrogens with zero attached hydrogens (tertiary/aromatic N) is 4. The minimum atomic E-state index is 0.415. The molecule has 3 aromatic rings. The molecule has 0 aliphatic heterocycles. The van der Waals surface area contributed by atoms with Crippen molar-refractivity contribution < 1.29 is 0 Å². The first-order valence-corrected chi connectivity index (χ1v) is 6.94. The van der Waals surface area contributed by atoms with Crippen molar-refractivity contribution in [2.45, 2.75) is 6.54 Å². The van der Waals surface area contributed by atoms with Crippen molar-refractivity contribution in [2.75, 3.05) is 11.9 Å². The Balaban J connectivity index is 1.83. The van der Waals surface area contributed by atoms with E-state index in [0.29, 0.717) is 4.99 Å². The fraction of sp³-hybridized carbons (Fsp3) is 0.133. The van der Waals surface area contributed by atoms with Gasteiger partial charge in [0.15, 0.2) is 5.65 Å². The predicted molar refractivity (Wildman–Crippen MR) is 87.4 cm³/mol. The Bertz CT molecular complexity index is 795. The molecule has 0 fully saturated rings. The van der Waals surface area contributed by atoms with Crippen molar-refractivity contribution in [3.05, 3.63) is 59.9 Å². The van der Waals surface area contributed by atoms with E-state index in [2.05, 4.69) is 21.0 Å². The first-order chi connectivity index (χ1) is 10.1. The number of anilines is 1. The van der Waals surface area contributed by atoms with Crippen LogP contribution in [0.1, 0.15) is 11.1 Å². The lowest BCUT2D eigenvalue weighted by Crippen LogP contribution is -2.18. The van der Waals surface area contributed by atoms with Crippen molar-refractivity contribution >= 4 is 28.7 Å². The van der Waals surface area contributed by atoms with Gasteiger partial charge in [-0.05, 0) is 17.7 Å². The summed E-state index contributed by atoms with van der Waals surface area (Å²) in [5.41, 5.74) is 8.52. The zero-order chi connectivity index (χ0) is 14.8. The molecule has 1 aromatic carbocycles. The van der Waals surface area contributed by atoms with Crippen molar-refractivity contribution in [3.63, 3.8) is 0 Å². The summed E-state index contributed by atoms with van der Waals surface area (Å²) in [4.78, 5) is 7.05. The number of nitrogens with two attached hydrogens (primary N) is 1. The summed E-state index contributed by atoms with van der Waals surface area (Å²) in [6.07, 6.45) is 3.64. The lowest BCUT2D eigenvalue weighted by molar-refractivity contribution is 0.877. The van der Waals surface area contributed by atoms with Crippen LogP contribution in [0, 0.1) is 0 Å². The maximum absolute atomic E-state index is 5.67. The van der Waals surface area contributed by atoms with Gasteiger partial charge in [0, 0.05) is 31.4 Å². The van der Waals surface area contributed by atoms with Gasteiger partial charge in [0.25, 0.3) is 0 Å². The van der Waals surface area contributed by atoms with Gasteiger partial charge in [-0.2, -0.15) is 5.10 Å². The molecule has 0 saturated carbocycles. The number of fused-ring (bicyclic) bond motifs is 1. The highest BCUT2D eigenvalue weighted by Crippen LogP contribution is 2.14. The van der Waals surface area contributed by atoms with Gasteiger partial charge in [0.2, 0.25) is 0 Å². The highest BCUT2D eigenvalue weighted by atomic mass is 32.1. The van der Waals surface area contributed by atoms with Crippen molar-refractivity contribution in [2.24, 2.45) is 5.73 Å². The monoisotopic (exact) mass is 297 g/mol. The van der Waals surface area contributed by atoms with Crippen LogP contribution in [0.5, 0.6) is 0 Å². The normalized spacial score (nSPS) is 10.7. The minimum Gasteiger partial charge on any atom is -0.389 e. The third kappa shape index (κ3) is 2.85. The number of thiocarbonyl (C=S) groups is 1. The zero-order valence-corrected chi connectivity index (χ0v) is 12.4. The Labute approximate surface area is 128 Å². The van der Waals surface area contributed by atoms with Crippen LogP contribution in [0.2, 0.25) is 0 Å². The topological polar surface area (TPSA) is 59.5 Å². The molecule has 0 aliphatic carbocycles. The highest BCUT2D eigenvalue weighted by Gasteiger charge is 2.06. The molecule has 106 valence electrons. The molecule has 6 heteroatoms. The molecule has 0 saturated heterocycles. The smallest absolute Gasteiger partial charge is 0.157 e. The Kier molecular flexibility index (Phi) is 3.53. The molecular weight excluding hydrogens is 282 g/mol. The highest BCUT2D eigenvalue weighted by molar-refractivity contribution is 7.80. The summed E-state index contributed by atoms with van der Waals surface area (Å²) >= 11 is 5.01. The summed E-state index contributed by atoms with van der Waals surface area (Å²) in [7, 11) is 2.00. The quantitative estimate of drug-likeness (QED) is 0.746. The number of hydrogen-bond donors (Lipinski definition) is 1. The maximum Gasteiger partial charge on any atom is 0.157 e. The second-order valence-electron chi connectivity index (χ2n) is 4.84. The van der Waals surface area contributed by atoms with Crippen LogP contribution in [-0.4, -0.2) is 26.6 Å².